The minimum absolute atomic E-state index is 0.577. The highest BCUT2D eigenvalue weighted by Gasteiger charge is 2.13. The van der Waals surface area contributed by atoms with Crippen LogP contribution in [0.4, 0.5) is 5.82 Å². The van der Waals surface area contributed by atoms with Crippen LogP contribution in [-0.4, -0.2) is 44.5 Å². The van der Waals surface area contributed by atoms with Crippen molar-refractivity contribution in [2.75, 3.05) is 11.4 Å². The number of anilines is 1. The Morgan fingerprint density at radius 3 is 2.48 bits per heavy atom. The summed E-state index contributed by atoms with van der Waals surface area (Å²) in [6.45, 7) is 6.16. The van der Waals surface area contributed by atoms with Crippen LogP contribution >= 0.6 is 0 Å². The van der Waals surface area contributed by atoms with E-state index in [2.05, 4.69) is 63.4 Å². The molecule has 0 aliphatic rings. The van der Waals surface area contributed by atoms with E-state index in [9.17, 15) is 0 Å². The number of hydrogen-bond donors (Lipinski definition) is 4. The second-order valence-electron chi connectivity index (χ2n) is 5.93. The second-order valence-corrected chi connectivity index (χ2v) is 6.82. The molecule has 136 valence electrons. The van der Waals surface area contributed by atoms with Crippen molar-refractivity contribution in [3.63, 3.8) is 0 Å². The van der Waals surface area contributed by atoms with Crippen molar-refractivity contribution in [2.24, 2.45) is 5.92 Å². The highest BCUT2D eigenvalue weighted by molar-refractivity contribution is 7.79. The summed E-state index contributed by atoms with van der Waals surface area (Å²) >= 11 is 0. The topological polar surface area (TPSA) is 135 Å². The number of nitrogens with one attached hydrogen (secondary N) is 2. The van der Waals surface area contributed by atoms with Crippen molar-refractivity contribution in [2.45, 2.75) is 20.4 Å². The van der Waals surface area contributed by atoms with Gasteiger partial charge in [-0.15, -0.1) is 0 Å². The molecule has 0 amide bonds. The second kappa shape index (κ2) is 8.10. The zero-order valence-corrected chi connectivity index (χ0v) is 14.7. The average Bonchev–Trinajstić information content (AvgIpc) is 3.12. The molecule has 0 aliphatic heterocycles. The van der Waals surface area contributed by atoms with Crippen molar-refractivity contribution < 1.29 is 17.5 Å². The zero-order chi connectivity index (χ0) is 18.4. The minimum atomic E-state index is -4.67. The number of benzene rings is 1. The Bertz CT molecular complexity index is 849. The van der Waals surface area contributed by atoms with Gasteiger partial charge >= 0.3 is 10.4 Å². The van der Waals surface area contributed by atoms with E-state index in [1.807, 2.05) is 6.07 Å². The first kappa shape index (κ1) is 18.9. The van der Waals surface area contributed by atoms with Crippen LogP contribution in [0.5, 0.6) is 0 Å². The number of aromatic nitrogens is 4. The Morgan fingerprint density at radius 2 is 1.92 bits per heavy atom. The number of fused-ring (bicyclic) bond motifs is 1. The normalized spacial score (nSPS) is 11.4. The highest BCUT2D eigenvalue weighted by Crippen LogP contribution is 2.23. The van der Waals surface area contributed by atoms with Crippen molar-refractivity contribution in [3.05, 3.63) is 42.2 Å². The van der Waals surface area contributed by atoms with Crippen LogP contribution in [0.3, 0.4) is 0 Å². The Balaban J connectivity index is 0.000000399. The van der Waals surface area contributed by atoms with E-state index in [-0.39, 0.29) is 0 Å². The van der Waals surface area contributed by atoms with Gasteiger partial charge in [-0.25, -0.2) is 0 Å². The summed E-state index contributed by atoms with van der Waals surface area (Å²) in [6.07, 6.45) is 1.77. The molecule has 0 unspecified atom stereocenters. The quantitative estimate of drug-likeness (QED) is 0.508. The van der Waals surface area contributed by atoms with E-state index in [4.69, 9.17) is 17.5 Å². The number of aromatic amines is 2. The molecule has 4 N–H and O–H groups in total. The summed E-state index contributed by atoms with van der Waals surface area (Å²) < 4.78 is 31.6. The van der Waals surface area contributed by atoms with Gasteiger partial charge in [0.15, 0.2) is 0 Å². The molecule has 1 aromatic carbocycles. The summed E-state index contributed by atoms with van der Waals surface area (Å²) in [5.41, 5.74) is 2.11. The summed E-state index contributed by atoms with van der Waals surface area (Å²) in [7, 11) is -4.67. The first-order valence-electron chi connectivity index (χ1n) is 7.59. The van der Waals surface area contributed by atoms with E-state index in [0.717, 1.165) is 30.1 Å². The highest BCUT2D eigenvalue weighted by atomic mass is 32.3. The number of H-pyrrole nitrogens is 2. The number of rotatable bonds is 5. The van der Waals surface area contributed by atoms with Gasteiger partial charge in [0, 0.05) is 17.4 Å². The van der Waals surface area contributed by atoms with Gasteiger partial charge in [0.05, 0.1) is 12.7 Å². The molecular formula is C15H21N5O4S. The van der Waals surface area contributed by atoms with Gasteiger partial charge in [-0.2, -0.15) is 23.8 Å². The van der Waals surface area contributed by atoms with Crippen LogP contribution in [0, 0.1) is 5.92 Å². The molecule has 0 saturated heterocycles. The summed E-state index contributed by atoms with van der Waals surface area (Å²) in [4.78, 5) is 5.79. The van der Waals surface area contributed by atoms with E-state index >= 15 is 0 Å². The third kappa shape index (κ3) is 6.53. The molecule has 0 spiro atoms. The predicted molar refractivity (Wildman–Crippen MR) is 94.7 cm³/mol. The smallest absolute Gasteiger partial charge is 0.352 e. The van der Waals surface area contributed by atoms with E-state index < -0.39 is 10.4 Å². The largest absolute Gasteiger partial charge is 0.394 e. The fourth-order valence-corrected chi connectivity index (χ4v) is 2.41. The fourth-order valence-electron chi connectivity index (χ4n) is 2.41. The summed E-state index contributed by atoms with van der Waals surface area (Å²) in [5, 5.41) is 11.9. The van der Waals surface area contributed by atoms with E-state index in [0.29, 0.717) is 5.92 Å². The molecule has 0 saturated carbocycles. The Hall–Kier alpha value is -2.43. The van der Waals surface area contributed by atoms with Gasteiger partial charge < -0.3 is 9.88 Å². The number of hydrogen-bond acceptors (Lipinski definition) is 5. The molecule has 0 atom stereocenters. The first-order valence-corrected chi connectivity index (χ1v) is 8.99. The van der Waals surface area contributed by atoms with Gasteiger partial charge in [-0.1, -0.05) is 32.0 Å². The standard InChI is InChI=1S/C15H19N5.H2O4S/c1-11(2)9-20(10-13-8-16-19-18-13)15-7-12-5-3-4-6-14(12)17-15;1-5(2,3)4/h3-8,11,17H,9-10H2,1-2H3,(H,16,18,19);(H2,1,2,3,4). The van der Waals surface area contributed by atoms with Crippen LogP contribution in [-0.2, 0) is 16.9 Å². The Morgan fingerprint density at radius 1 is 1.24 bits per heavy atom. The maximum Gasteiger partial charge on any atom is 0.394 e. The molecule has 3 aromatic rings. The predicted octanol–water partition coefficient (Wildman–Crippen LogP) is 2.30. The lowest BCUT2D eigenvalue weighted by molar-refractivity contribution is 0.381. The molecule has 2 aromatic heterocycles. The minimum Gasteiger partial charge on any atom is -0.352 e. The van der Waals surface area contributed by atoms with Crippen LogP contribution < -0.4 is 4.90 Å². The van der Waals surface area contributed by atoms with Crippen molar-refractivity contribution in [3.8, 4) is 0 Å². The molecule has 0 aliphatic carbocycles. The molecule has 0 bridgehead atoms. The van der Waals surface area contributed by atoms with Crippen molar-refractivity contribution >= 4 is 27.1 Å². The van der Waals surface area contributed by atoms with Crippen molar-refractivity contribution in [1.29, 1.82) is 0 Å². The average molecular weight is 367 g/mol. The molecule has 25 heavy (non-hydrogen) atoms. The van der Waals surface area contributed by atoms with Gasteiger partial charge in [0.25, 0.3) is 0 Å². The maximum absolute atomic E-state index is 8.74. The van der Waals surface area contributed by atoms with Crippen LogP contribution in [0.25, 0.3) is 10.9 Å². The van der Waals surface area contributed by atoms with Gasteiger partial charge in [0.2, 0.25) is 0 Å². The lowest BCUT2D eigenvalue weighted by Gasteiger charge is -2.24. The lowest BCUT2D eigenvalue weighted by Crippen LogP contribution is -2.27. The van der Waals surface area contributed by atoms with Crippen molar-refractivity contribution in [1.82, 2.24) is 20.4 Å². The van der Waals surface area contributed by atoms with Crippen LogP contribution in [0.2, 0.25) is 0 Å². The van der Waals surface area contributed by atoms with Crippen LogP contribution in [0.15, 0.2) is 36.5 Å². The SMILES string of the molecule is CC(C)CN(Cc1cn[nH]n1)c1cc2ccccc2[nH]1.O=S(=O)(O)O. The molecule has 10 heteroatoms. The van der Waals surface area contributed by atoms with Gasteiger partial charge in [-0.3, -0.25) is 9.11 Å². The molecule has 0 radical (unpaired) electrons. The molecular weight excluding hydrogens is 346 g/mol. The molecule has 3 rings (SSSR count). The monoisotopic (exact) mass is 367 g/mol. The Kier molecular flexibility index (Phi) is 6.12. The van der Waals surface area contributed by atoms with Crippen LogP contribution in [0.1, 0.15) is 19.5 Å². The molecule has 2 heterocycles. The molecule has 9 nitrogen and oxygen atoms in total. The molecule has 0 fully saturated rings. The maximum atomic E-state index is 8.74. The number of para-hydroxylation sites is 1. The van der Waals surface area contributed by atoms with Gasteiger partial charge in [-0.05, 0) is 18.1 Å². The zero-order valence-electron chi connectivity index (χ0n) is 13.9. The fraction of sp³-hybridized carbons (Fsp3) is 0.333. The summed E-state index contributed by atoms with van der Waals surface area (Å²) in [6, 6.07) is 10.5. The first-order chi connectivity index (χ1) is 11.7. The lowest BCUT2D eigenvalue weighted by atomic mass is 10.2. The third-order valence-electron chi connectivity index (χ3n) is 3.26. The summed E-state index contributed by atoms with van der Waals surface area (Å²) in [5.74, 6) is 1.70. The number of nitrogens with zero attached hydrogens (tertiary/aromatic N) is 3. The van der Waals surface area contributed by atoms with E-state index in [1.54, 1.807) is 6.20 Å². The Labute approximate surface area is 145 Å². The van der Waals surface area contributed by atoms with E-state index in [1.165, 1.54) is 5.39 Å². The van der Waals surface area contributed by atoms with Gasteiger partial charge in [0.1, 0.15) is 11.5 Å². The third-order valence-corrected chi connectivity index (χ3v) is 3.26.